The van der Waals surface area contributed by atoms with Crippen molar-refractivity contribution >= 4 is 26.5 Å². The quantitative estimate of drug-likeness (QED) is 0.125. The number of allylic oxidation sites excluding steroid dienone is 5. The van der Waals surface area contributed by atoms with Gasteiger partial charge in [0.25, 0.3) is 0 Å². The standard InChI is InChI=1S/C53H84Si2/c1-14-23-41(51(8,9)10)27-26-40-38-50(49-39-45(52(11,12)13)32-37-48(40)49)53(42-24-21-22-25-42,43-28-33-46(34-29-43)54(15-2,16-3)17-4)44-30-35-47(36-31-44)55(18-5,19-6)20-7/h14,23,26-31,33-36,40,42,45,48-50H,1,15-22,24-25,32,37-39H2,2-13H3. The molecule has 3 saturated carbocycles. The predicted octanol–water partition coefficient (Wildman–Crippen LogP) is 15.0. The molecular weight excluding hydrogens is 693 g/mol. The topological polar surface area (TPSA) is 0 Å². The summed E-state index contributed by atoms with van der Waals surface area (Å²) in [5, 5.41) is 3.40. The van der Waals surface area contributed by atoms with Gasteiger partial charge < -0.3 is 0 Å². The summed E-state index contributed by atoms with van der Waals surface area (Å²) < 4.78 is 0. The Hall–Kier alpha value is -1.91. The average Bonchev–Trinajstić information content (AvgIpc) is 3.85. The minimum absolute atomic E-state index is 0.0341. The first kappa shape index (κ1) is 44.2. The van der Waals surface area contributed by atoms with Crippen LogP contribution in [-0.2, 0) is 5.41 Å². The Kier molecular flexibility index (Phi) is 14.4. The summed E-state index contributed by atoms with van der Waals surface area (Å²) in [4.78, 5) is 0. The van der Waals surface area contributed by atoms with E-state index in [0.717, 1.165) is 17.8 Å². The van der Waals surface area contributed by atoms with Gasteiger partial charge in [-0.3, -0.25) is 0 Å². The van der Waals surface area contributed by atoms with Crippen LogP contribution in [0.5, 0.6) is 0 Å². The molecule has 5 unspecified atom stereocenters. The van der Waals surface area contributed by atoms with Crippen LogP contribution in [0.1, 0.15) is 146 Å². The molecule has 0 spiro atoms. The Morgan fingerprint density at radius 2 is 1.09 bits per heavy atom. The molecule has 2 aromatic rings. The van der Waals surface area contributed by atoms with Crippen LogP contribution in [-0.4, -0.2) is 16.1 Å². The first-order valence-corrected chi connectivity index (χ1v) is 28.6. The number of benzene rings is 2. The first-order valence-electron chi connectivity index (χ1n) is 23.4. The SMILES string of the molecule is C=CC=C(C=CC1CC(C(c2ccc([Si](CC)(CC)CC)cc2)(c2ccc([Si](CC)(CC)CC)cc2)C2CCCC2)C2CC(C(C)(C)C)CCC12)C(C)(C)C. The lowest BCUT2D eigenvalue weighted by atomic mass is 9.53. The van der Waals surface area contributed by atoms with Gasteiger partial charge in [0.2, 0.25) is 0 Å². The van der Waals surface area contributed by atoms with Crippen LogP contribution < -0.4 is 10.4 Å². The van der Waals surface area contributed by atoms with E-state index in [1.165, 1.54) is 93.2 Å². The highest BCUT2D eigenvalue weighted by atomic mass is 28.3. The molecule has 0 bridgehead atoms. The molecule has 0 aromatic heterocycles. The zero-order valence-corrected chi connectivity index (χ0v) is 40.0. The third-order valence-electron chi connectivity index (χ3n) is 17.1. The van der Waals surface area contributed by atoms with Crippen LogP contribution in [0.3, 0.4) is 0 Å². The van der Waals surface area contributed by atoms with Crippen molar-refractivity contribution in [3.8, 4) is 0 Å². The summed E-state index contributed by atoms with van der Waals surface area (Å²) in [7, 11) is -2.98. The number of rotatable bonds is 15. The molecule has 304 valence electrons. The zero-order chi connectivity index (χ0) is 40.2. The highest BCUT2D eigenvalue weighted by Gasteiger charge is 2.58. The summed E-state index contributed by atoms with van der Waals surface area (Å²) in [6.07, 6.45) is 20.4. The maximum atomic E-state index is 4.12. The van der Waals surface area contributed by atoms with Gasteiger partial charge in [-0.1, -0.05) is 222 Å². The van der Waals surface area contributed by atoms with E-state index in [1.807, 2.05) is 6.08 Å². The summed E-state index contributed by atoms with van der Waals surface area (Å²) >= 11 is 0. The zero-order valence-electron chi connectivity index (χ0n) is 38.0. The monoisotopic (exact) mass is 777 g/mol. The van der Waals surface area contributed by atoms with Crippen LogP contribution >= 0.6 is 0 Å². The van der Waals surface area contributed by atoms with Gasteiger partial charge in [0, 0.05) is 5.41 Å². The fraction of sp³-hybridized carbons (Fsp3) is 0.660. The molecule has 5 atom stereocenters. The maximum absolute atomic E-state index is 4.12. The number of hydrogen-bond acceptors (Lipinski definition) is 0. The molecule has 0 nitrogen and oxygen atoms in total. The maximum Gasteiger partial charge on any atom is 0.0859 e. The number of hydrogen-bond donors (Lipinski definition) is 0. The van der Waals surface area contributed by atoms with E-state index in [0.29, 0.717) is 23.2 Å². The molecule has 3 fully saturated rings. The third kappa shape index (κ3) is 8.49. The molecule has 2 aromatic carbocycles. The predicted molar refractivity (Wildman–Crippen MR) is 252 cm³/mol. The van der Waals surface area contributed by atoms with Gasteiger partial charge in [-0.25, -0.2) is 0 Å². The second-order valence-corrected chi connectivity index (χ2v) is 31.4. The smallest absolute Gasteiger partial charge is 0.0859 e. The Labute approximate surface area is 343 Å². The lowest BCUT2D eigenvalue weighted by molar-refractivity contribution is 0.0605. The van der Waals surface area contributed by atoms with Crippen molar-refractivity contribution in [1.82, 2.24) is 0 Å². The van der Waals surface area contributed by atoms with E-state index < -0.39 is 16.1 Å². The molecule has 0 saturated heterocycles. The molecule has 0 aliphatic heterocycles. The summed E-state index contributed by atoms with van der Waals surface area (Å²) in [5.41, 5.74) is 5.19. The van der Waals surface area contributed by atoms with Crippen molar-refractivity contribution in [1.29, 1.82) is 0 Å². The number of fused-ring (bicyclic) bond motifs is 1. The van der Waals surface area contributed by atoms with Crippen molar-refractivity contribution in [2.45, 2.75) is 176 Å². The molecule has 3 aliphatic rings. The molecule has 5 rings (SSSR count). The van der Waals surface area contributed by atoms with Crippen molar-refractivity contribution in [3.05, 3.63) is 96.1 Å². The van der Waals surface area contributed by atoms with Crippen LogP contribution in [0.2, 0.25) is 36.3 Å². The van der Waals surface area contributed by atoms with E-state index >= 15 is 0 Å². The van der Waals surface area contributed by atoms with Gasteiger partial charge in [-0.05, 0) is 102 Å². The van der Waals surface area contributed by atoms with Crippen molar-refractivity contribution in [3.63, 3.8) is 0 Å². The minimum atomic E-state index is -1.49. The van der Waals surface area contributed by atoms with Crippen molar-refractivity contribution in [2.75, 3.05) is 0 Å². The fourth-order valence-electron chi connectivity index (χ4n) is 13.0. The molecule has 2 heteroatoms. The van der Waals surface area contributed by atoms with Crippen LogP contribution in [0.15, 0.2) is 85.0 Å². The summed E-state index contributed by atoms with van der Waals surface area (Å²) in [6, 6.07) is 29.6. The molecule has 55 heavy (non-hydrogen) atoms. The van der Waals surface area contributed by atoms with E-state index in [9.17, 15) is 0 Å². The lowest BCUT2D eigenvalue weighted by Crippen LogP contribution is -2.49. The molecule has 0 radical (unpaired) electrons. The largest absolute Gasteiger partial charge is 0.0991 e. The first-order chi connectivity index (χ1) is 26.1. The van der Waals surface area contributed by atoms with Gasteiger partial charge in [0.15, 0.2) is 0 Å². The van der Waals surface area contributed by atoms with Crippen LogP contribution in [0.25, 0.3) is 0 Å². The van der Waals surface area contributed by atoms with Gasteiger partial charge in [0.05, 0.1) is 16.1 Å². The Morgan fingerprint density at radius 1 is 0.618 bits per heavy atom. The van der Waals surface area contributed by atoms with Gasteiger partial charge in [0.1, 0.15) is 0 Å². The molecule has 3 aliphatic carbocycles. The molecule has 0 amide bonds. The molecule has 0 heterocycles. The Morgan fingerprint density at radius 3 is 1.49 bits per heavy atom. The van der Waals surface area contributed by atoms with Gasteiger partial charge in [-0.2, -0.15) is 0 Å². The molecule has 0 N–H and O–H groups in total. The van der Waals surface area contributed by atoms with E-state index in [2.05, 4.69) is 156 Å². The van der Waals surface area contributed by atoms with E-state index in [1.54, 1.807) is 21.5 Å². The van der Waals surface area contributed by atoms with Crippen molar-refractivity contribution < 1.29 is 0 Å². The highest BCUT2D eigenvalue weighted by Crippen LogP contribution is 2.64. The van der Waals surface area contributed by atoms with Gasteiger partial charge in [-0.15, -0.1) is 0 Å². The lowest BCUT2D eigenvalue weighted by Gasteiger charge is -2.51. The van der Waals surface area contributed by atoms with Gasteiger partial charge >= 0.3 is 0 Å². The van der Waals surface area contributed by atoms with Crippen molar-refractivity contribution in [2.24, 2.45) is 46.3 Å². The fourth-order valence-corrected chi connectivity index (χ4v) is 20.2. The van der Waals surface area contributed by atoms with E-state index in [4.69, 9.17) is 0 Å². The third-order valence-corrected chi connectivity index (χ3v) is 28.3. The Bertz CT molecular complexity index is 1500. The normalized spacial score (nSPS) is 24.8. The Balaban J connectivity index is 1.77. The average molecular weight is 777 g/mol. The minimum Gasteiger partial charge on any atom is -0.0991 e. The summed E-state index contributed by atoms with van der Waals surface area (Å²) in [5.74, 6) is 4.21. The van der Waals surface area contributed by atoms with Crippen LogP contribution in [0.4, 0.5) is 0 Å². The second kappa shape index (κ2) is 17.9. The molecular formula is C53H84Si2. The van der Waals surface area contributed by atoms with E-state index in [-0.39, 0.29) is 10.8 Å². The second-order valence-electron chi connectivity index (χ2n) is 20.9. The summed E-state index contributed by atoms with van der Waals surface area (Å²) in [6.45, 7) is 33.6. The van der Waals surface area contributed by atoms with Crippen LogP contribution in [0, 0.1) is 46.3 Å². The highest BCUT2D eigenvalue weighted by molar-refractivity contribution is 6.92.